The van der Waals surface area contributed by atoms with E-state index in [0.29, 0.717) is 11.6 Å². The molecule has 1 rings (SSSR count). The predicted octanol–water partition coefficient (Wildman–Crippen LogP) is 1.30. The molecule has 0 bridgehead atoms. The van der Waals surface area contributed by atoms with Crippen LogP contribution in [0.1, 0.15) is 20.3 Å². The molecule has 0 fully saturated rings. The lowest BCUT2D eigenvalue weighted by atomic mass is 10.0. The normalized spacial score (nSPS) is 13.7. The molecule has 1 atom stereocenters. The Kier molecular flexibility index (Phi) is 6.00. The van der Waals surface area contributed by atoms with Crippen molar-refractivity contribution in [3.63, 3.8) is 0 Å². The maximum atomic E-state index is 11.3. The van der Waals surface area contributed by atoms with Gasteiger partial charge in [0.25, 0.3) is 0 Å². The van der Waals surface area contributed by atoms with Gasteiger partial charge >= 0.3 is 0 Å². The van der Waals surface area contributed by atoms with Crippen LogP contribution in [-0.2, 0) is 10.0 Å². The van der Waals surface area contributed by atoms with Crippen molar-refractivity contribution in [1.29, 1.82) is 0 Å². The molecule has 21 heavy (non-hydrogen) atoms. The molecule has 0 aliphatic carbocycles. The van der Waals surface area contributed by atoms with Gasteiger partial charge in [0, 0.05) is 12.6 Å². The maximum absolute atomic E-state index is 11.3. The van der Waals surface area contributed by atoms with Crippen molar-refractivity contribution in [3.8, 4) is 0 Å². The van der Waals surface area contributed by atoms with E-state index in [0.717, 1.165) is 18.7 Å². The molecule has 6 nitrogen and oxygen atoms in total. The van der Waals surface area contributed by atoms with Crippen molar-refractivity contribution >= 4 is 21.4 Å². The number of nitrogens with one attached hydrogen (secondary N) is 1. The summed E-state index contributed by atoms with van der Waals surface area (Å²) in [6.45, 7) is 5.20. The van der Waals surface area contributed by atoms with E-state index >= 15 is 0 Å². The maximum Gasteiger partial charge on any atom is 0.238 e. The molecule has 5 N–H and O–H groups in total. The van der Waals surface area contributed by atoms with E-state index in [1.807, 2.05) is 14.1 Å². The lowest BCUT2D eigenvalue weighted by molar-refractivity contribution is 0.356. The van der Waals surface area contributed by atoms with Crippen LogP contribution in [0.5, 0.6) is 0 Å². The van der Waals surface area contributed by atoms with E-state index in [9.17, 15) is 8.42 Å². The van der Waals surface area contributed by atoms with Gasteiger partial charge in [0.2, 0.25) is 10.0 Å². The van der Waals surface area contributed by atoms with Crippen LogP contribution in [-0.4, -0.2) is 40.0 Å². The topological polar surface area (TPSA) is 101 Å². The Morgan fingerprint density at radius 1 is 1.29 bits per heavy atom. The van der Waals surface area contributed by atoms with Crippen LogP contribution in [0, 0.1) is 5.92 Å². The zero-order valence-electron chi connectivity index (χ0n) is 13.1. The van der Waals surface area contributed by atoms with E-state index in [-0.39, 0.29) is 10.9 Å². The number of hydrogen-bond acceptors (Lipinski definition) is 5. The molecule has 0 heterocycles. The van der Waals surface area contributed by atoms with Gasteiger partial charge in [-0.15, -0.1) is 0 Å². The van der Waals surface area contributed by atoms with Gasteiger partial charge in [-0.05, 0) is 44.6 Å². The third-order valence-corrected chi connectivity index (χ3v) is 3.96. The lowest BCUT2D eigenvalue weighted by Crippen LogP contribution is -2.33. The quantitative estimate of drug-likeness (QED) is 0.659. The molecule has 0 saturated carbocycles. The Labute approximate surface area is 127 Å². The van der Waals surface area contributed by atoms with Gasteiger partial charge in [-0.2, -0.15) is 0 Å². The first-order valence-corrected chi connectivity index (χ1v) is 8.47. The number of nitrogens with two attached hydrogens (primary N) is 2. The Morgan fingerprint density at radius 2 is 1.90 bits per heavy atom. The Balaban J connectivity index is 2.93. The predicted molar refractivity (Wildman–Crippen MR) is 87.6 cm³/mol. The van der Waals surface area contributed by atoms with Gasteiger partial charge in [0.15, 0.2) is 0 Å². The average Bonchev–Trinajstić information content (AvgIpc) is 2.28. The Bertz CT molecular complexity index is 560. The van der Waals surface area contributed by atoms with Crippen LogP contribution in [0.2, 0.25) is 0 Å². The number of sulfonamides is 1. The van der Waals surface area contributed by atoms with Crippen LogP contribution in [0.3, 0.4) is 0 Å². The minimum Gasteiger partial charge on any atom is -0.397 e. The number of nitrogen functional groups attached to an aromatic ring is 1. The van der Waals surface area contributed by atoms with Gasteiger partial charge in [0.1, 0.15) is 0 Å². The molecule has 7 heteroatoms. The van der Waals surface area contributed by atoms with E-state index < -0.39 is 10.0 Å². The summed E-state index contributed by atoms with van der Waals surface area (Å²) in [5.41, 5.74) is 7.05. The fourth-order valence-electron chi connectivity index (χ4n) is 2.26. The monoisotopic (exact) mass is 314 g/mol. The number of benzene rings is 1. The molecule has 0 aromatic heterocycles. The first-order chi connectivity index (χ1) is 9.59. The fourth-order valence-corrected chi connectivity index (χ4v) is 2.81. The largest absolute Gasteiger partial charge is 0.397 e. The molecule has 0 spiro atoms. The zero-order chi connectivity index (χ0) is 16.2. The molecule has 0 radical (unpaired) electrons. The van der Waals surface area contributed by atoms with E-state index in [2.05, 4.69) is 24.1 Å². The molecule has 0 saturated heterocycles. The van der Waals surface area contributed by atoms with Crippen molar-refractivity contribution < 1.29 is 8.42 Å². The Hall–Kier alpha value is -1.31. The second-order valence-electron chi connectivity index (χ2n) is 6.03. The Morgan fingerprint density at radius 3 is 2.33 bits per heavy atom. The van der Waals surface area contributed by atoms with Gasteiger partial charge in [-0.1, -0.05) is 13.8 Å². The fraction of sp³-hybridized carbons (Fsp3) is 0.571. The summed E-state index contributed by atoms with van der Waals surface area (Å²) in [5, 5.41) is 8.48. The van der Waals surface area contributed by atoms with Crippen molar-refractivity contribution in [3.05, 3.63) is 18.2 Å². The highest BCUT2D eigenvalue weighted by atomic mass is 32.2. The van der Waals surface area contributed by atoms with Crippen LogP contribution in [0.4, 0.5) is 11.4 Å². The van der Waals surface area contributed by atoms with Gasteiger partial charge in [0.05, 0.1) is 16.3 Å². The minimum atomic E-state index is -3.72. The summed E-state index contributed by atoms with van der Waals surface area (Å²) in [6.07, 6.45) is 0.995. The van der Waals surface area contributed by atoms with Crippen molar-refractivity contribution in [2.24, 2.45) is 11.1 Å². The number of primary sulfonamides is 1. The highest BCUT2D eigenvalue weighted by molar-refractivity contribution is 7.89. The molecule has 120 valence electrons. The summed E-state index contributed by atoms with van der Waals surface area (Å²) >= 11 is 0. The van der Waals surface area contributed by atoms with E-state index in [1.54, 1.807) is 6.07 Å². The van der Waals surface area contributed by atoms with E-state index in [4.69, 9.17) is 10.9 Å². The molecule has 0 amide bonds. The number of anilines is 2. The summed E-state index contributed by atoms with van der Waals surface area (Å²) in [7, 11) is 0.308. The van der Waals surface area contributed by atoms with Crippen LogP contribution in [0.15, 0.2) is 23.1 Å². The second kappa shape index (κ2) is 7.11. The summed E-state index contributed by atoms with van der Waals surface area (Å²) in [5.74, 6) is 0.548. The third-order valence-electron chi connectivity index (χ3n) is 3.05. The summed E-state index contributed by atoms with van der Waals surface area (Å²) in [4.78, 5) is 2.13. The highest BCUT2D eigenvalue weighted by Crippen LogP contribution is 2.24. The van der Waals surface area contributed by atoms with Gasteiger partial charge in [-0.25, -0.2) is 13.6 Å². The number of nitrogens with zero attached hydrogens (tertiary/aromatic N) is 1. The molecule has 1 aromatic carbocycles. The summed E-state index contributed by atoms with van der Waals surface area (Å²) in [6, 6.07) is 4.76. The SMILES string of the molecule is CC(C)CC(CN(C)C)Nc1ccc(S(N)(=O)=O)cc1N. The third kappa shape index (κ3) is 5.91. The zero-order valence-corrected chi connectivity index (χ0v) is 13.9. The summed E-state index contributed by atoms with van der Waals surface area (Å²) < 4.78 is 22.6. The first kappa shape index (κ1) is 17.7. The van der Waals surface area contributed by atoms with Gasteiger partial charge in [-0.3, -0.25) is 0 Å². The minimum absolute atomic E-state index is 0.0265. The average molecular weight is 314 g/mol. The standard InChI is InChI=1S/C14H26N4O2S/c1-10(2)7-11(9-18(3)4)17-14-6-5-12(8-13(14)15)21(16,19)20/h5-6,8,10-11,17H,7,9,15H2,1-4H3,(H2,16,19,20). The van der Waals surface area contributed by atoms with Crippen molar-refractivity contribution in [2.45, 2.75) is 31.2 Å². The highest BCUT2D eigenvalue weighted by Gasteiger charge is 2.15. The van der Waals surface area contributed by atoms with Crippen molar-refractivity contribution in [1.82, 2.24) is 4.90 Å². The van der Waals surface area contributed by atoms with E-state index in [1.165, 1.54) is 12.1 Å². The van der Waals surface area contributed by atoms with Gasteiger partial charge < -0.3 is 16.0 Å². The number of rotatable bonds is 7. The molecule has 1 unspecified atom stereocenters. The number of likely N-dealkylation sites (N-methyl/N-ethyl adjacent to an activating group) is 1. The van der Waals surface area contributed by atoms with Crippen LogP contribution < -0.4 is 16.2 Å². The second-order valence-corrected chi connectivity index (χ2v) is 7.59. The van der Waals surface area contributed by atoms with Crippen LogP contribution in [0.25, 0.3) is 0 Å². The molecular weight excluding hydrogens is 288 g/mol. The smallest absolute Gasteiger partial charge is 0.238 e. The number of hydrogen-bond donors (Lipinski definition) is 3. The first-order valence-electron chi connectivity index (χ1n) is 6.93. The molecule has 1 aromatic rings. The molecular formula is C14H26N4O2S. The molecule has 0 aliphatic rings. The van der Waals surface area contributed by atoms with Crippen LogP contribution >= 0.6 is 0 Å². The molecule has 0 aliphatic heterocycles. The van der Waals surface area contributed by atoms with Crippen molar-refractivity contribution in [2.75, 3.05) is 31.7 Å². The lowest BCUT2D eigenvalue weighted by Gasteiger charge is -2.25.